The van der Waals surface area contributed by atoms with E-state index >= 15 is 0 Å². The smallest absolute Gasteiger partial charge is 0.417 e. The van der Waals surface area contributed by atoms with Gasteiger partial charge in [0.1, 0.15) is 0 Å². The van der Waals surface area contributed by atoms with Gasteiger partial charge in [0, 0.05) is 22.3 Å². The molecule has 26 heavy (non-hydrogen) atoms. The highest BCUT2D eigenvalue weighted by molar-refractivity contribution is 6.34. The Morgan fingerprint density at radius 1 is 1.27 bits per heavy atom. The number of ether oxygens (including phenoxy) is 1. The standard InChI is InChI=1S/C16H11Cl2F3N2O3/c1-25-14(24)8-26-23-6-10-4-9(2-3-12(10)17)15-13(18)5-11(7-22-15)16(19,20)21/h2-7H,8H2,1H3. The number of esters is 1. The molecular weight excluding hydrogens is 396 g/mol. The van der Waals surface area contributed by atoms with E-state index in [9.17, 15) is 18.0 Å². The first-order valence-electron chi connectivity index (χ1n) is 6.97. The van der Waals surface area contributed by atoms with Gasteiger partial charge in [-0.05, 0) is 18.2 Å². The minimum absolute atomic E-state index is 0.154. The molecule has 0 spiro atoms. The Hall–Kier alpha value is -2.32. The fourth-order valence-corrected chi connectivity index (χ4v) is 2.28. The zero-order valence-corrected chi connectivity index (χ0v) is 14.7. The summed E-state index contributed by atoms with van der Waals surface area (Å²) in [6, 6.07) is 5.38. The molecule has 0 aliphatic heterocycles. The topological polar surface area (TPSA) is 60.8 Å². The maximum atomic E-state index is 12.7. The van der Waals surface area contributed by atoms with Crippen LogP contribution >= 0.6 is 23.2 Å². The van der Waals surface area contributed by atoms with Crippen molar-refractivity contribution in [1.82, 2.24) is 4.98 Å². The summed E-state index contributed by atoms with van der Waals surface area (Å²) >= 11 is 12.0. The van der Waals surface area contributed by atoms with Crippen molar-refractivity contribution in [3.05, 3.63) is 51.6 Å². The fraction of sp³-hybridized carbons (Fsp3) is 0.188. The Morgan fingerprint density at radius 3 is 2.62 bits per heavy atom. The van der Waals surface area contributed by atoms with Crippen LogP contribution in [0.3, 0.4) is 0 Å². The van der Waals surface area contributed by atoms with Gasteiger partial charge in [0.15, 0.2) is 0 Å². The van der Waals surface area contributed by atoms with E-state index in [4.69, 9.17) is 28.0 Å². The molecule has 0 saturated carbocycles. The van der Waals surface area contributed by atoms with Gasteiger partial charge in [0.05, 0.1) is 29.6 Å². The Morgan fingerprint density at radius 2 is 2.00 bits per heavy atom. The Bertz CT molecular complexity index is 842. The predicted octanol–water partition coefficient (Wildman–Crippen LogP) is 4.60. The number of hydrogen-bond acceptors (Lipinski definition) is 5. The number of carbonyl (C=O) groups is 1. The van der Waals surface area contributed by atoms with Gasteiger partial charge < -0.3 is 9.57 Å². The molecule has 1 heterocycles. The maximum absolute atomic E-state index is 12.7. The van der Waals surface area contributed by atoms with Crippen molar-refractivity contribution in [1.29, 1.82) is 0 Å². The minimum atomic E-state index is -4.54. The Balaban J connectivity index is 2.26. The number of pyridine rings is 1. The Kier molecular flexibility index (Phi) is 6.44. The summed E-state index contributed by atoms with van der Waals surface area (Å²) in [5.74, 6) is -0.609. The van der Waals surface area contributed by atoms with Crippen LogP contribution in [-0.2, 0) is 20.5 Å². The van der Waals surface area contributed by atoms with Crippen LogP contribution in [0.5, 0.6) is 0 Å². The molecule has 2 aromatic rings. The average Bonchev–Trinajstić information content (AvgIpc) is 2.59. The molecule has 0 atom stereocenters. The highest BCUT2D eigenvalue weighted by Crippen LogP contribution is 2.34. The molecule has 0 saturated heterocycles. The van der Waals surface area contributed by atoms with Crippen LogP contribution in [-0.4, -0.2) is 30.9 Å². The normalized spacial score (nSPS) is 11.6. The van der Waals surface area contributed by atoms with Gasteiger partial charge in [0.25, 0.3) is 0 Å². The molecular formula is C16H11Cl2F3N2O3. The highest BCUT2D eigenvalue weighted by atomic mass is 35.5. The number of benzene rings is 1. The van der Waals surface area contributed by atoms with Crippen molar-refractivity contribution >= 4 is 35.4 Å². The van der Waals surface area contributed by atoms with Crippen LogP contribution in [0.25, 0.3) is 11.3 Å². The second-order valence-electron chi connectivity index (χ2n) is 4.87. The number of halogens is 5. The minimum Gasteiger partial charge on any atom is -0.466 e. The molecule has 1 aromatic carbocycles. The van der Waals surface area contributed by atoms with Gasteiger partial charge >= 0.3 is 12.1 Å². The summed E-state index contributed by atoms with van der Waals surface area (Å²) < 4.78 is 42.5. The number of alkyl halides is 3. The quantitative estimate of drug-likeness (QED) is 0.413. The summed E-state index contributed by atoms with van der Waals surface area (Å²) in [5, 5.41) is 3.73. The van der Waals surface area contributed by atoms with Crippen molar-refractivity contribution in [3.63, 3.8) is 0 Å². The summed E-state index contributed by atoms with van der Waals surface area (Å²) in [6.07, 6.45) is -2.60. The summed E-state index contributed by atoms with van der Waals surface area (Å²) in [6.45, 7) is -0.378. The van der Waals surface area contributed by atoms with Gasteiger partial charge in [-0.25, -0.2) is 4.79 Å². The molecule has 5 nitrogen and oxygen atoms in total. The first-order chi connectivity index (χ1) is 12.2. The largest absolute Gasteiger partial charge is 0.466 e. The second-order valence-corrected chi connectivity index (χ2v) is 5.69. The molecule has 0 radical (unpaired) electrons. The molecule has 0 fully saturated rings. The molecule has 0 unspecified atom stereocenters. The monoisotopic (exact) mass is 406 g/mol. The van der Waals surface area contributed by atoms with Gasteiger partial charge in [-0.15, -0.1) is 0 Å². The molecule has 0 bridgehead atoms. The van der Waals surface area contributed by atoms with Crippen LogP contribution in [0.2, 0.25) is 10.0 Å². The van der Waals surface area contributed by atoms with Crippen molar-refractivity contribution in [3.8, 4) is 11.3 Å². The van der Waals surface area contributed by atoms with E-state index in [-0.39, 0.29) is 17.3 Å². The van der Waals surface area contributed by atoms with E-state index in [1.807, 2.05) is 0 Å². The first kappa shape index (κ1) is 20.0. The van der Waals surface area contributed by atoms with Crippen LogP contribution in [0.15, 0.2) is 35.6 Å². The van der Waals surface area contributed by atoms with Gasteiger partial charge in [-0.2, -0.15) is 13.2 Å². The third-order valence-electron chi connectivity index (χ3n) is 3.11. The molecule has 0 amide bonds. The lowest BCUT2D eigenvalue weighted by Crippen LogP contribution is -2.07. The first-order valence-corrected chi connectivity index (χ1v) is 7.72. The molecule has 1 aromatic heterocycles. The lowest BCUT2D eigenvalue weighted by Gasteiger charge is -2.10. The highest BCUT2D eigenvalue weighted by Gasteiger charge is 2.31. The Labute approximate surface area is 156 Å². The van der Waals surface area contributed by atoms with Crippen LogP contribution in [0.4, 0.5) is 13.2 Å². The zero-order valence-electron chi connectivity index (χ0n) is 13.2. The summed E-state index contributed by atoms with van der Waals surface area (Å²) in [5.41, 5.74) is 0.0361. The number of nitrogens with zero attached hydrogens (tertiary/aromatic N) is 2. The molecule has 2 rings (SSSR count). The lowest BCUT2D eigenvalue weighted by atomic mass is 10.1. The second kappa shape index (κ2) is 8.37. The molecule has 10 heteroatoms. The van der Waals surface area contributed by atoms with Crippen molar-refractivity contribution in [2.45, 2.75) is 6.18 Å². The predicted molar refractivity (Wildman–Crippen MR) is 90.3 cm³/mol. The van der Waals surface area contributed by atoms with Crippen LogP contribution in [0, 0.1) is 0 Å². The molecule has 0 aliphatic rings. The van der Waals surface area contributed by atoms with E-state index in [1.54, 1.807) is 6.07 Å². The van der Waals surface area contributed by atoms with E-state index in [0.717, 1.165) is 6.07 Å². The van der Waals surface area contributed by atoms with E-state index in [1.165, 1.54) is 25.5 Å². The van der Waals surface area contributed by atoms with Crippen LogP contribution in [0.1, 0.15) is 11.1 Å². The third-order valence-corrected chi connectivity index (χ3v) is 3.75. The van der Waals surface area contributed by atoms with Gasteiger partial charge in [0.2, 0.25) is 6.61 Å². The van der Waals surface area contributed by atoms with E-state index in [2.05, 4.69) is 14.9 Å². The van der Waals surface area contributed by atoms with E-state index in [0.29, 0.717) is 22.3 Å². The number of methoxy groups -OCH3 is 1. The summed E-state index contributed by atoms with van der Waals surface area (Å²) in [4.78, 5) is 19.4. The average molecular weight is 407 g/mol. The van der Waals surface area contributed by atoms with Gasteiger partial charge in [-0.1, -0.05) is 34.4 Å². The van der Waals surface area contributed by atoms with Crippen molar-refractivity contribution < 1.29 is 27.5 Å². The maximum Gasteiger partial charge on any atom is 0.417 e. The number of oxime groups is 1. The van der Waals surface area contributed by atoms with Crippen molar-refractivity contribution in [2.75, 3.05) is 13.7 Å². The molecule has 138 valence electrons. The lowest BCUT2D eigenvalue weighted by molar-refractivity contribution is -0.145. The van der Waals surface area contributed by atoms with Gasteiger partial charge in [-0.3, -0.25) is 4.98 Å². The van der Waals surface area contributed by atoms with Crippen molar-refractivity contribution in [2.24, 2.45) is 5.16 Å². The van der Waals surface area contributed by atoms with Crippen LogP contribution < -0.4 is 0 Å². The number of aromatic nitrogens is 1. The third kappa shape index (κ3) is 5.09. The molecule has 0 N–H and O–H groups in total. The SMILES string of the molecule is COC(=O)CON=Cc1cc(-c2ncc(C(F)(F)F)cc2Cl)ccc1Cl. The molecule has 0 aliphatic carbocycles. The summed E-state index contributed by atoms with van der Waals surface area (Å²) in [7, 11) is 1.20. The number of carbonyl (C=O) groups excluding carboxylic acids is 1. The fourth-order valence-electron chi connectivity index (χ4n) is 1.84. The zero-order chi connectivity index (χ0) is 19.3. The number of rotatable bonds is 5. The number of hydrogen-bond donors (Lipinski definition) is 0. The van der Waals surface area contributed by atoms with E-state index < -0.39 is 17.7 Å².